The Labute approximate surface area is 138 Å². The molecular formula is C19H26N2O2. The van der Waals surface area contributed by atoms with E-state index in [0.717, 1.165) is 44.8 Å². The van der Waals surface area contributed by atoms with Crippen LogP contribution in [0, 0.1) is 5.92 Å². The number of ether oxygens (including phenoxy) is 1. The molecule has 0 spiro atoms. The molecule has 0 aliphatic carbocycles. The maximum atomic E-state index is 12.9. The van der Waals surface area contributed by atoms with Crippen molar-refractivity contribution in [2.75, 3.05) is 32.8 Å². The van der Waals surface area contributed by atoms with Gasteiger partial charge in [0, 0.05) is 31.2 Å². The number of hydrogen-bond donors (Lipinski definition) is 0. The largest absolute Gasteiger partial charge is 0.376 e. The first-order valence-corrected chi connectivity index (χ1v) is 9.03. The maximum Gasteiger partial charge on any atom is 0.253 e. The molecule has 3 heterocycles. The normalized spacial score (nSPS) is 31.8. The third-order valence-electron chi connectivity index (χ3n) is 5.65. The zero-order valence-electron chi connectivity index (χ0n) is 13.7. The molecule has 1 aromatic rings. The van der Waals surface area contributed by atoms with Gasteiger partial charge in [0.05, 0.1) is 12.1 Å². The van der Waals surface area contributed by atoms with Crippen LogP contribution >= 0.6 is 0 Å². The zero-order valence-corrected chi connectivity index (χ0v) is 13.7. The molecule has 0 aromatic heterocycles. The van der Waals surface area contributed by atoms with Gasteiger partial charge in [0.25, 0.3) is 5.91 Å². The van der Waals surface area contributed by atoms with E-state index in [1.165, 1.54) is 19.3 Å². The average molecular weight is 314 g/mol. The van der Waals surface area contributed by atoms with Gasteiger partial charge in [-0.05, 0) is 50.9 Å². The molecule has 0 radical (unpaired) electrons. The quantitative estimate of drug-likeness (QED) is 0.840. The standard InChI is InChI=1S/C19H26N2O2/c22-19(15-7-2-1-3-8-15)21-13-16-9-6-12-23-18(16)17(14-21)20-10-4-5-11-20/h1-3,7-8,16-18H,4-6,9-14H2/t16-,17+,18-/m0/s1. The number of carbonyl (C=O) groups is 1. The molecule has 23 heavy (non-hydrogen) atoms. The highest BCUT2D eigenvalue weighted by molar-refractivity contribution is 5.94. The number of carbonyl (C=O) groups excluding carboxylic acids is 1. The van der Waals surface area contributed by atoms with Crippen LogP contribution < -0.4 is 0 Å². The van der Waals surface area contributed by atoms with E-state index in [-0.39, 0.29) is 5.91 Å². The smallest absolute Gasteiger partial charge is 0.253 e. The second-order valence-corrected chi connectivity index (χ2v) is 7.12. The van der Waals surface area contributed by atoms with Gasteiger partial charge >= 0.3 is 0 Å². The van der Waals surface area contributed by atoms with Crippen LogP contribution in [0.1, 0.15) is 36.0 Å². The molecule has 0 saturated carbocycles. The van der Waals surface area contributed by atoms with E-state index in [4.69, 9.17) is 4.74 Å². The molecule has 3 aliphatic rings. The third-order valence-corrected chi connectivity index (χ3v) is 5.65. The summed E-state index contributed by atoms with van der Waals surface area (Å²) in [5.41, 5.74) is 0.808. The van der Waals surface area contributed by atoms with E-state index in [1.807, 2.05) is 30.3 Å². The number of amides is 1. The zero-order chi connectivity index (χ0) is 15.6. The Kier molecular flexibility index (Phi) is 4.36. The first kappa shape index (κ1) is 15.2. The Morgan fingerprint density at radius 2 is 1.83 bits per heavy atom. The van der Waals surface area contributed by atoms with Gasteiger partial charge in [-0.1, -0.05) is 18.2 Å². The summed E-state index contributed by atoms with van der Waals surface area (Å²) in [5, 5.41) is 0. The number of likely N-dealkylation sites (tertiary alicyclic amines) is 2. The second kappa shape index (κ2) is 6.62. The van der Waals surface area contributed by atoms with Crippen LogP contribution in [0.2, 0.25) is 0 Å². The fourth-order valence-electron chi connectivity index (χ4n) is 4.50. The molecule has 124 valence electrons. The van der Waals surface area contributed by atoms with Gasteiger partial charge in [-0.3, -0.25) is 9.69 Å². The average Bonchev–Trinajstić information content (AvgIpc) is 3.15. The summed E-state index contributed by atoms with van der Waals surface area (Å²) in [4.78, 5) is 17.5. The summed E-state index contributed by atoms with van der Waals surface area (Å²) in [6, 6.07) is 10.1. The van der Waals surface area contributed by atoms with Crippen molar-refractivity contribution < 1.29 is 9.53 Å². The number of rotatable bonds is 2. The van der Waals surface area contributed by atoms with E-state index in [0.29, 0.717) is 18.1 Å². The highest BCUT2D eigenvalue weighted by Gasteiger charge is 2.43. The molecule has 1 amide bonds. The Morgan fingerprint density at radius 3 is 2.61 bits per heavy atom. The first-order valence-electron chi connectivity index (χ1n) is 9.03. The Balaban J connectivity index is 1.55. The van der Waals surface area contributed by atoms with Crippen LogP contribution in [0.3, 0.4) is 0 Å². The minimum Gasteiger partial charge on any atom is -0.376 e. The monoisotopic (exact) mass is 314 g/mol. The van der Waals surface area contributed by atoms with E-state index in [9.17, 15) is 4.79 Å². The summed E-state index contributed by atoms with van der Waals surface area (Å²) in [6.45, 7) is 4.87. The van der Waals surface area contributed by atoms with Gasteiger partial charge in [0.15, 0.2) is 0 Å². The van der Waals surface area contributed by atoms with E-state index < -0.39 is 0 Å². The number of piperidine rings is 1. The molecule has 4 rings (SSSR count). The van der Waals surface area contributed by atoms with Crippen molar-refractivity contribution in [3.63, 3.8) is 0 Å². The van der Waals surface area contributed by atoms with Crippen LogP contribution in [-0.4, -0.2) is 60.6 Å². The Morgan fingerprint density at radius 1 is 1.04 bits per heavy atom. The van der Waals surface area contributed by atoms with Gasteiger partial charge in [-0.25, -0.2) is 0 Å². The number of hydrogen-bond acceptors (Lipinski definition) is 3. The van der Waals surface area contributed by atoms with Crippen molar-refractivity contribution in [2.24, 2.45) is 5.92 Å². The fraction of sp³-hybridized carbons (Fsp3) is 0.632. The highest BCUT2D eigenvalue weighted by Crippen LogP contribution is 2.33. The van der Waals surface area contributed by atoms with Crippen molar-refractivity contribution in [1.82, 2.24) is 9.80 Å². The molecule has 3 fully saturated rings. The van der Waals surface area contributed by atoms with Crippen molar-refractivity contribution in [2.45, 2.75) is 37.8 Å². The molecule has 3 aliphatic heterocycles. The van der Waals surface area contributed by atoms with Gasteiger partial charge in [-0.15, -0.1) is 0 Å². The SMILES string of the molecule is O=C(c1ccccc1)N1C[C@@H]2CCCO[C@@H]2[C@H](N2CCCC2)C1. The van der Waals surface area contributed by atoms with Crippen molar-refractivity contribution in [3.05, 3.63) is 35.9 Å². The van der Waals surface area contributed by atoms with Crippen LogP contribution in [0.25, 0.3) is 0 Å². The van der Waals surface area contributed by atoms with Crippen molar-refractivity contribution in [3.8, 4) is 0 Å². The molecular weight excluding hydrogens is 288 g/mol. The van der Waals surface area contributed by atoms with Gasteiger partial charge < -0.3 is 9.64 Å². The minimum absolute atomic E-state index is 0.179. The van der Waals surface area contributed by atoms with E-state index in [1.54, 1.807) is 0 Å². The number of nitrogens with zero attached hydrogens (tertiary/aromatic N) is 2. The molecule has 4 heteroatoms. The van der Waals surface area contributed by atoms with Crippen LogP contribution in [0.15, 0.2) is 30.3 Å². The Hall–Kier alpha value is -1.39. The van der Waals surface area contributed by atoms with Crippen molar-refractivity contribution >= 4 is 5.91 Å². The fourth-order valence-corrected chi connectivity index (χ4v) is 4.50. The molecule has 3 saturated heterocycles. The lowest BCUT2D eigenvalue weighted by Gasteiger charge is -2.48. The Bertz CT molecular complexity index is 542. The second-order valence-electron chi connectivity index (χ2n) is 7.12. The molecule has 3 atom stereocenters. The highest BCUT2D eigenvalue weighted by atomic mass is 16.5. The topological polar surface area (TPSA) is 32.8 Å². The number of fused-ring (bicyclic) bond motifs is 1. The summed E-state index contributed by atoms with van der Waals surface area (Å²) >= 11 is 0. The third kappa shape index (κ3) is 3.02. The van der Waals surface area contributed by atoms with E-state index >= 15 is 0 Å². The molecule has 1 aromatic carbocycles. The number of benzene rings is 1. The summed E-state index contributed by atoms with van der Waals surface area (Å²) in [5.74, 6) is 0.676. The van der Waals surface area contributed by atoms with E-state index in [2.05, 4.69) is 9.80 Å². The molecule has 0 unspecified atom stereocenters. The van der Waals surface area contributed by atoms with Crippen LogP contribution in [-0.2, 0) is 4.74 Å². The van der Waals surface area contributed by atoms with Gasteiger partial charge in [0.1, 0.15) is 0 Å². The summed E-state index contributed by atoms with van der Waals surface area (Å²) < 4.78 is 6.16. The minimum atomic E-state index is 0.179. The molecule has 4 nitrogen and oxygen atoms in total. The predicted octanol–water partition coefficient (Wildman–Crippen LogP) is 2.40. The predicted molar refractivity (Wildman–Crippen MR) is 89.4 cm³/mol. The van der Waals surface area contributed by atoms with Gasteiger partial charge in [-0.2, -0.15) is 0 Å². The lowest BCUT2D eigenvalue weighted by molar-refractivity contribution is -0.104. The molecule has 0 bridgehead atoms. The van der Waals surface area contributed by atoms with Crippen LogP contribution in [0.4, 0.5) is 0 Å². The summed E-state index contributed by atoms with van der Waals surface area (Å²) in [7, 11) is 0. The molecule has 0 N–H and O–H groups in total. The van der Waals surface area contributed by atoms with Crippen molar-refractivity contribution in [1.29, 1.82) is 0 Å². The maximum absolute atomic E-state index is 12.9. The van der Waals surface area contributed by atoms with Gasteiger partial charge in [0.2, 0.25) is 0 Å². The lowest BCUT2D eigenvalue weighted by atomic mass is 9.84. The lowest BCUT2D eigenvalue weighted by Crippen LogP contribution is -2.61. The van der Waals surface area contributed by atoms with Crippen LogP contribution in [0.5, 0.6) is 0 Å². The first-order chi connectivity index (χ1) is 11.3. The summed E-state index contributed by atoms with van der Waals surface area (Å²) in [6.07, 6.45) is 5.19.